The molecule has 54 valence electrons. The number of hydrogen-bond acceptors (Lipinski definition) is 2. The minimum atomic E-state index is -0.565. The third-order valence-corrected chi connectivity index (χ3v) is 1.53. The molecule has 10 heavy (non-hydrogen) atoms. The first-order valence-electron chi connectivity index (χ1n) is 2.98. The highest BCUT2D eigenvalue weighted by molar-refractivity contribution is 6.18. The Kier molecular flexibility index (Phi) is 2.66. The van der Waals surface area contributed by atoms with E-state index in [4.69, 9.17) is 16.7 Å². The quantitative estimate of drug-likeness (QED) is 0.658. The van der Waals surface area contributed by atoms with E-state index in [0.29, 0.717) is 0 Å². The summed E-state index contributed by atoms with van der Waals surface area (Å²) in [6, 6.07) is 3.49. The molecule has 0 aromatic carbocycles. The zero-order valence-electron chi connectivity index (χ0n) is 5.37. The number of alkyl halides is 1. The molecule has 0 spiro atoms. The second kappa shape index (κ2) is 3.54. The van der Waals surface area contributed by atoms with Gasteiger partial charge in [0.1, 0.15) is 0 Å². The van der Waals surface area contributed by atoms with Gasteiger partial charge in [-0.15, -0.1) is 11.6 Å². The minimum absolute atomic E-state index is 0.226. The van der Waals surface area contributed by atoms with Gasteiger partial charge in [0.25, 0.3) is 0 Å². The van der Waals surface area contributed by atoms with Crippen LogP contribution in [-0.4, -0.2) is 16.0 Å². The van der Waals surface area contributed by atoms with Crippen LogP contribution >= 0.6 is 11.6 Å². The molecule has 0 aliphatic heterocycles. The highest BCUT2D eigenvalue weighted by atomic mass is 35.5. The monoisotopic (exact) mass is 157 g/mol. The van der Waals surface area contributed by atoms with E-state index in [-0.39, 0.29) is 5.88 Å². The Hall–Kier alpha value is -0.600. The smallest absolute Gasteiger partial charge is 0.0926 e. The highest BCUT2D eigenvalue weighted by Gasteiger charge is 2.02. The zero-order chi connectivity index (χ0) is 7.40. The predicted molar refractivity (Wildman–Crippen MR) is 39.9 cm³/mol. The summed E-state index contributed by atoms with van der Waals surface area (Å²) in [6.07, 6.45) is 2.69. The first-order valence-corrected chi connectivity index (χ1v) is 3.52. The highest BCUT2D eigenvalue weighted by Crippen LogP contribution is 2.11. The second-order valence-electron chi connectivity index (χ2n) is 1.95. The van der Waals surface area contributed by atoms with Gasteiger partial charge in [-0.3, -0.25) is 4.98 Å². The fourth-order valence-electron chi connectivity index (χ4n) is 0.675. The number of aliphatic hydroxyl groups is 1. The van der Waals surface area contributed by atoms with E-state index in [9.17, 15) is 0 Å². The molecule has 1 aromatic rings. The van der Waals surface area contributed by atoms with Crippen LogP contribution in [0, 0.1) is 0 Å². The summed E-state index contributed by atoms with van der Waals surface area (Å²) >= 11 is 5.42. The molecule has 3 heteroatoms. The molecule has 0 aliphatic rings. The fourth-order valence-corrected chi connectivity index (χ4v) is 0.853. The summed E-state index contributed by atoms with van der Waals surface area (Å²) in [4.78, 5) is 3.81. The first-order chi connectivity index (χ1) is 4.84. The maximum Gasteiger partial charge on any atom is 0.0926 e. The molecule has 0 radical (unpaired) electrons. The third-order valence-electron chi connectivity index (χ3n) is 1.24. The van der Waals surface area contributed by atoms with Crippen LogP contribution < -0.4 is 0 Å². The van der Waals surface area contributed by atoms with Crippen molar-refractivity contribution in [3.63, 3.8) is 0 Å². The van der Waals surface area contributed by atoms with Crippen molar-refractivity contribution in [3.05, 3.63) is 30.1 Å². The van der Waals surface area contributed by atoms with E-state index in [1.165, 1.54) is 0 Å². The van der Waals surface area contributed by atoms with Gasteiger partial charge in [0.15, 0.2) is 0 Å². The first kappa shape index (κ1) is 7.51. The van der Waals surface area contributed by atoms with Crippen molar-refractivity contribution in [2.24, 2.45) is 0 Å². The molecule has 0 aliphatic carbocycles. The average molecular weight is 158 g/mol. The van der Waals surface area contributed by atoms with Crippen LogP contribution in [0.1, 0.15) is 11.7 Å². The Bertz CT molecular complexity index is 190. The lowest BCUT2D eigenvalue weighted by atomic mass is 10.2. The third kappa shape index (κ3) is 1.69. The molecule has 0 amide bonds. The molecule has 2 nitrogen and oxygen atoms in total. The number of aliphatic hydroxyl groups excluding tert-OH is 1. The van der Waals surface area contributed by atoms with Crippen molar-refractivity contribution >= 4 is 11.6 Å². The average Bonchev–Trinajstić information content (AvgIpc) is 2.05. The molecule has 1 aromatic heterocycles. The summed E-state index contributed by atoms with van der Waals surface area (Å²) in [6.45, 7) is 0. The van der Waals surface area contributed by atoms with Gasteiger partial charge in [-0.1, -0.05) is 0 Å². The van der Waals surface area contributed by atoms with Gasteiger partial charge in [0.05, 0.1) is 12.0 Å². The summed E-state index contributed by atoms with van der Waals surface area (Å²) in [7, 11) is 0. The van der Waals surface area contributed by atoms with Crippen LogP contribution in [0.2, 0.25) is 0 Å². The van der Waals surface area contributed by atoms with Crippen LogP contribution in [0.25, 0.3) is 0 Å². The summed E-state index contributed by atoms with van der Waals surface area (Å²) in [5.41, 5.74) is 0.810. The Labute approximate surface area is 64.5 Å². The van der Waals surface area contributed by atoms with Crippen molar-refractivity contribution in [1.82, 2.24) is 4.98 Å². The van der Waals surface area contributed by atoms with Crippen LogP contribution in [0.5, 0.6) is 0 Å². The Morgan fingerprint density at radius 1 is 1.50 bits per heavy atom. The molecule has 0 bridgehead atoms. The fraction of sp³-hybridized carbons (Fsp3) is 0.286. The molecule has 1 rings (SSSR count). The van der Waals surface area contributed by atoms with Crippen molar-refractivity contribution in [2.45, 2.75) is 6.10 Å². The van der Waals surface area contributed by atoms with E-state index >= 15 is 0 Å². The number of halogens is 1. The molecular weight excluding hydrogens is 150 g/mol. The summed E-state index contributed by atoms with van der Waals surface area (Å²) in [5, 5.41) is 9.17. The van der Waals surface area contributed by atoms with E-state index < -0.39 is 6.10 Å². The Morgan fingerprint density at radius 2 is 2.10 bits per heavy atom. The largest absolute Gasteiger partial charge is 0.387 e. The molecule has 1 N–H and O–H groups in total. The van der Waals surface area contributed by atoms with E-state index in [2.05, 4.69) is 4.98 Å². The van der Waals surface area contributed by atoms with Gasteiger partial charge in [-0.05, 0) is 17.7 Å². The van der Waals surface area contributed by atoms with Crippen LogP contribution in [0.15, 0.2) is 24.5 Å². The van der Waals surface area contributed by atoms with Gasteiger partial charge in [-0.25, -0.2) is 0 Å². The molecule has 0 saturated heterocycles. The lowest BCUT2D eigenvalue weighted by Crippen LogP contribution is -1.97. The van der Waals surface area contributed by atoms with Gasteiger partial charge < -0.3 is 5.11 Å². The molecule has 1 atom stereocenters. The molecule has 0 saturated carbocycles. The van der Waals surface area contributed by atoms with E-state index in [1.807, 2.05) is 0 Å². The second-order valence-corrected chi connectivity index (χ2v) is 2.26. The number of nitrogens with zero attached hydrogens (tertiary/aromatic N) is 1. The lowest BCUT2D eigenvalue weighted by Gasteiger charge is -2.04. The van der Waals surface area contributed by atoms with Gasteiger partial charge in [-0.2, -0.15) is 0 Å². The predicted octanol–water partition coefficient (Wildman–Crippen LogP) is 1.35. The van der Waals surface area contributed by atoms with Crippen molar-refractivity contribution in [3.8, 4) is 0 Å². The van der Waals surface area contributed by atoms with Gasteiger partial charge in [0, 0.05) is 12.4 Å². The van der Waals surface area contributed by atoms with Crippen molar-refractivity contribution < 1.29 is 5.11 Å². The maximum atomic E-state index is 9.17. The Balaban J connectivity index is 2.75. The normalized spacial score (nSPS) is 13.0. The van der Waals surface area contributed by atoms with E-state index in [0.717, 1.165) is 5.56 Å². The number of rotatable bonds is 2. The molecule has 1 heterocycles. The van der Waals surface area contributed by atoms with Gasteiger partial charge >= 0.3 is 0 Å². The SMILES string of the molecule is O[C@H](CCl)c1ccncc1. The number of aromatic nitrogens is 1. The standard InChI is InChI=1S/C7H8ClNO/c8-5-7(10)6-1-3-9-4-2-6/h1-4,7,10H,5H2/t7-/m1/s1. The van der Waals surface area contributed by atoms with Gasteiger partial charge in [0.2, 0.25) is 0 Å². The summed E-state index contributed by atoms with van der Waals surface area (Å²) in [5.74, 6) is 0.226. The van der Waals surface area contributed by atoms with E-state index in [1.54, 1.807) is 24.5 Å². The zero-order valence-corrected chi connectivity index (χ0v) is 6.12. The van der Waals surface area contributed by atoms with Crippen molar-refractivity contribution in [2.75, 3.05) is 5.88 Å². The van der Waals surface area contributed by atoms with Crippen LogP contribution in [-0.2, 0) is 0 Å². The number of hydrogen-bond donors (Lipinski definition) is 1. The Morgan fingerprint density at radius 3 is 2.60 bits per heavy atom. The topological polar surface area (TPSA) is 33.1 Å². The van der Waals surface area contributed by atoms with Crippen LogP contribution in [0.3, 0.4) is 0 Å². The number of pyridine rings is 1. The minimum Gasteiger partial charge on any atom is -0.387 e. The lowest BCUT2D eigenvalue weighted by molar-refractivity contribution is 0.202. The molecule has 0 fully saturated rings. The summed E-state index contributed by atoms with van der Waals surface area (Å²) < 4.78 is 0. The van der Waals surface area contributed by atoms with Crippen LogP contribution in [0.4, 0.5) is 0 Å². The van der Waals surface area contributed by atoms with Crippen molar-refractivity contribution in [1.29, 1.82) is 0 Å². The maximum absolute atomic E-state index is 9.17. The molecule has 0 unspecified atom stereocenters. The molecular formula is C7H8ClNO.